The molecule has 10 nitrogen and oxygen atoms in total. The summed E-state index contributed by atoms with van der Waals surface area (Å²) in [6.07, 6.45) is -3.41. The molecule has 0 aliphatic rings. The van der Waals surface area contributed by atoms with Gasteiger partial charge < -0.3 is 29.4 Å². The van der Waals surface area contributed by atoms with Crippen molar-refractivity contribution in [3.05, 3.63) is 0 Å². The summed E-state index contributed by atoms with van der Waals surface area (Å²) in [7, 11) is -14.0. The van der Waals surface area contributed by atoms with Crippen LogP contribution in [0.5, 0.6) is 0 Å². The second-order valence-electron chi connectivity index (χ2n) is 3.09. The van der Waals surface area contributed by atoms with E-state index >= 15 is 0 Å². The van der Waals surface area contributed by atoms with Crippen molar-refractivity contribution in [2.75, 3.05) is 18.9 Å². The number of rotatable bonds is 6. The van der Waals surface area contributed by atoms with Gasteiger partial charge in [-0.25, -0.2) is 0 Å². The Morgan fingerprint density at radius 2 is 0.636 bits per heavy atom. The maximum absolute atomic E-state index is 10.6. The summed E-state index contributed by atoms with van der Waals surface area (Å²) in [5, 5.41) is 0. The van der Waals surface area contributed by atoms with Crippen molar-refractivity contribution < 1.29 is 43.1 Å². The van der Waals surface area contributed by atoms with E-state index in [2.05, 4.69) is 0 Å². The van der Waals surface area contributed by atoms with Gasteiger partial charge in [-0.15, -0.1) is 0 Å². The Morgan fingerprint density at radius 1 is 0.500 bits per heavy atom. The molecule has 0 heterocycles. The van der Waals surface area contributed by atoms with Gasteiger partial charge in [-0.05, 0) is 0 Å². The molecule has 19 heteroatoms. The van der Waals surface area contributed by atoms with Crippen molar-refractivity contribution in [1.82, 2.24) is 4.90 Å². The quantitative estimate of drug-likeness (QED) is 0.180. The predicted octanol–water partition coefficient (Wildman–Crippen LogP) is -3.59. The molecule has 0 spiro atoms. The molecule has 0 rings (SSSR count). The van der Waals surface area contributed by atoms with E-state index in [0.717, 1.165) is 0 Å². The first-order chi connectivity index (χ1) is 6.79. The van der Waals surface area contributed by atoms with Crippen molar-refractivity contribution in [3.8, 4) is 0 Å². The molecule has 0 bridgehead atoms. The summed E-state index contributed by atoms with van der Waals surface area (Å²) < 4.78 is 31.7. The summed E-state index contributed by atoms with van der Waals surface area (Å²) >= 11 is 0. The van der Waals surface area contributed by atoms with Gasteiger partial charge >= 0.3 is 22.8 Å². The normalized spacial score (nSPS) is 10.5. The van der Waals surface area contributed by atoms with Gasteiger partial charge in [0, 0.05) is 177 Å². The molecule has 0 aromatic rings. The molecule has 0 saturated heterocycles. The third kappa shape index (κ3) is 37.2. The first-order valence-corrected chi connectivity index (χ1v) is 9.04. The third-order valence-electron chi connectivity index (χ3n) is 1.15. The summed E-state index contributed by atoms with van der Waals surface area (Å²) in [5.41, 5.74) is 0. The average molecular weight is 437 g/mol. The zero-order chi connectivity index (χ0) is 13.2. The molecule has 104 valence electrons. The molecule has 0 fully saturated rings. The van der Waals surface area contributed by atoms with E-state index in [0.29, 0.717) is 4.90 Å². The molecule has 22 heavy (non-hydrogen) atoms. The SMILES string of the molecule is O=P(O)(O)CN(CP(=O)(O)O)CP(=O)(O)O.[Na].[Na].[Na].[Na].[Na].[Na]. The van der Waals surface area contributed by atoms with Gasteiger partial charge in [0.15, 0.2) is 0 Å². The molecule has 0 unspecified atom stereocenters. The van der Waals surface area contributed by atoms with Crippen molar-refractivity contribution in [2.24, 2.45) is 0 Å². The Morgan fingerprint density at radius 3 is 0.727 bits per heavy atom. The van der Waals surface area contributed by atoms with Crippen molar-refractivity contribution in [2.45, 2.75) is 0 Å². The van der Waals surface area contributed by atoms with E-state index in [4.69, 9.17) is 29.4 Å². The first-order valence-electron chi connectivity index (χ1n) is 3.65. The molecule has 0 atom stereocenters. The molecule has 0 saturated carbocycles. The van der Waals surface area contributed by atoms with Gasteiger partial charge in [0.1, 0.15) is 18.9 Å². The van der Waals surface area contributed by atoms with Gasteiger partial charge in [-0.1, -0.05) is 0 Å². The van der Waals surface area contributed by atoms with E-state index in [1.165, 1.54) is 0 Å². The topological polar surface area (TPSA) is 176 Å². The van der Waals surface area contributed by atoms with Crippen LogP contribution in [0.15, 0.2) is 0 Å². The maximum Gasteiger partial charge on any atom is 0.339 e. The largest absolute Gasteiger partial charge is 0.339 e. The fourth-order valence-electron chi connectivity index (χ4n) is 0.916. The Labute approximate surface area is 261 Å². The fourth-order valence-corrected chi connectivity index (χ4v) is 3.55. The number of nitrogens with zero attached hydrogens (tertiary/aromatic N) is 1. The van der Waals surface area contributed by atoms with Crippen LogP contribution in [0, 0.1) is 0 Å². The van der Waals surface area contributed by atoms with Gasteiger partial charge in [0.2, 0.25) is 0 Å². The minimum absolute atomic E-state index is 0. The van der Waals surface area contributed by atoms with Crippen LogP contribution in [0.3, 0.4) is 0 Å². The summed E-state index contributed by atoms with van der Waals surface area (Å²) in [6, 6.07) is 0. The second-order valence-corrected chi connectivity index (χ2v) is 7.93. The molecule has 0 amide bonds. The molecule has 0 aliphatic carbocycles. The average Bonchev–Trinajstić information content (AvgIpc) is 1.70. The van der Waals surface area contributed by atoms with E-state index < -0.39 is 41.6 Å². The van der Waals surface area contributed by atoms with Crippen LogP contribution in [0.4, 0.5) is 0 Å². The van der Waals surface area contributed by atoms with E-state index in [1.54, 1.807) is 0 Å². The Balaban J connectivity index is -0.0000000750. The van der Waals surface area contributed by atoms with Crippen molar-refractivity contribution in [1.29, 1.82) is 0 Å². The molecular formula is C3H12NNa6O9P3. The van der Waals surface area contributed by atoms with E-state index in [1.807, 2.05) is 0 Å². The predicted molar refractivity (Wildman–Crippen MR) is 87.1 cm³/mol. The molecule has 0 aromatic carbocycles. The van der Waals surface area contributed by atoms with Gasteiger partial charge in [0.25, 0.3) is 0 Å². The molecule has 6 radical (unpaired) electrons. The van der Waals surface area contributed by atoms with Gasteiger partial charge in [-0.3, -0.25) is 18.6 Å². The standard InChI is InChI=1S/C3H12NO9P3.6Na/c5-14(6,7)1-4(2-15(8,9)10)3-16(11,12)13;;;;;;/h1-3H2,(H2,5,6,7)(H2,8,9,10)(H2,11,12,13);;;;;;. The van der Waals surface area contributed by atoms with Crippen LogP contribution in [-0.4, -0.2) is 230 Å². The second kappa shape index (κ2) is 20.7. The van der Waals surface area contributed by atoms with Crippen LogP contribution < -0.4 is 0 Å². The van der Waals surface area contributed by atoms with Crippen molar-refractivity contribution in [3.63, 3.8) is 0 Å². The fraction of sp³-hybridized carbons (Fsp3) is 1.00. The minimum Gasteiger partial charge on any atom is -0.324 e. The van der Waals surface area contributed by atoms with Crippen molar-refractivity contribution >= 4 is 200 Å². The third-order valence-corrected chi connectivity index (χ3v) is 3.46. The monoisotopic (exact) mass is 437 g/mol. The Bertz CT molecular complexity index is 324. The van der Waals surface area contributed by atoms with Gasteiger partial charge in [0.05, 0.1) is 0 Å². The maximum atomic E-state index is 10.6. The molecule has 0 aliphatic heterocycles. The van der Waals surface area contributed by atoms with Crippen LogP contribution in [0.2, 0.25) is 0 Å². The summed E-state index contributed by atoms with van der Waals surface area (Å²) in [6.45, 7) is 0. The van der Waals surface area contributed by atoms with Crippen LogP contribution in [-0.2, 0) is 13.7 Å². The molecule has 0 aromatic heterocycles. The number of hydrogen-bond donors (Lipinski definition) is 6. The van der Waals surface area contributed by atoms with E-state index in [9.17, 15) is 13.7 Å². The van der Waals surface area contributed by atoms with E-state index in [-0.39, 0.29) is 177 Å². The number of hydrogen-bond acceptors (Lipinski definition) is 4. The van der Waals surface area contributed by atoms with Crippen LogP contribution in [0.25, 0.3) is 0 Å². The molecule has 6 N–H and O–H groups in total. The Hall–Kier alpha value is 6.41. The summed E-state index contributed by atoms with van der Waals surface area (Å²) in [5.74, 6) is 0. The molecular weight excluding hydrogens is 425 g/mol. The van der Waals surface area contributed by atoms with Gasteiger partial charge in [-0.2, -0.15) is 0 Å². The summed E-state index contributed by atoms with van der Waals surface area (Å²) in [4.78, 5) is 51.6. The zero-order valence-corrected chi connectivity index (χ0v) is 28.5. The van der Waals surface area contributed by atoms with Crippen LogP contribution in [0.1, 0.15) is 0 Å². The van der Waals surface area contributed by atoms with Crippen LogP contribution >= 0.6 is 22.8 Å². The Kier molecular flexibility index (Phi) is 43.8. The zero-order valence-electron chi connectivity index (χ0n) is 13.8. The first kappa shape index (κ1) is 46.6. The smallest absolute Gasteiger partial charge is 0.324 e. The minimum atomic E-state index is -4.65.